The Morgan fingerprint density at radius 2 is 1.43 bits per heavy atom. The predicted molar refractivity (Wildman–Crippen MR) is 219 cm³/mol. The number of methoxy groups -OCH3 is 2. The fraction of sp³-hybridized carbons (Fsp3) is 0.213. The molecule has 3 fully saturated rings. The molecule has 11 nitrogen and oxygen atoms in total. The summed E-state index contributed by atoms with van der Waals surface area (Å²) in [5.74, 6) is -7.31. The van der Waals surface area contributed by atoms with Gasteiger partial charge in [-0.2, -0.15) is 5.01 Å². The van der Waals surface area contributed by atoms with E-state index < -0.39 is 64.5 Å². The number of halogens is 2. The summed E-state index contributed by atoms with van der Waals surface area (Å²) < 4.78 is 25.8. The highest BCUT2D eigenvalue weighted by molar-refractivity contribution is 6.30. The van der Waals surface area contributed by atoms with E-state index in [-0.39, 0.29) is 41.6 Å². The van der Waals surface area contributed by atoms with Crippen molar-refractivity contribution in [2.45, 2.75) is 24.2 Å². The minimum Gasteiger partial charge on any atom is -0.508 e. The quantitative estimate of drug-likeness (QED) is 0.0872. The van der Waals surface area contributed by atoms with Crippen LogP contribution in [0.15, 0.2) is 127 Å². The van der Waals surface area contributed by atoms with Crippen molar-refractivity contribution in [3.05, 3.63) is 160 Å². The Hall–Kier alpha value is -6.79. The molecule has 0 unspecified atom stereocenters. The van der Waals surface area contributed by atoms with Crippen LogP contribution in [-0.4, -0.2) is 53.7 Å². The maximum Gasteiger partial charge on any atom is 0.260 e. The van der Waals surface area contributed by atoms with Crippen LogP contribution in [0.5, 0.6) is 17.2 Å². The monoisotopic (exact) mass is 825 g/mol. The van der Waals surface area contributed by atoms with Crippen molar-refractivity contribution in [1.29, 1.82) is 0 Å². The smallest absolute Gasteiger partial charge is 0.260 e. The van der Waals surface area contributed by atoms with Crippen LogP contribution in [-0.2, 0) is 24.6 Å². The average Bonchev–Trinajstić information content (AvgIpc) is 3.64. The van der Waals surface area contributed by atoms with Crippen LogP contribution in [0.25, 0.3) is 0 Å². The number of hydrogen-bond acceptors (Lipinski definition) is 9. The Bertz CT molecular complexity index is 2590. The van der Waals surface area contributed by atoms with Crippen molar-refractivity contribution in [3.8, 4) is 17.2 Å². The van der Waals surface area contributed by atoms with E-state index in [9.17, 15) is 23.9 Å². The highest BCUT2D eigenvalue weighted by Gasteiger charge is 2.71. The SMILES string of the molecule is COc1cc(O)cc(OC)c1[C@H]1C2=CC[C@@H]3C(=O)N(c4ccc(C(=O)c5ccccc5)cc4)C(=O)[C@@H]3[C@@H]2C[C@H]2C(=O)N(Nc3ccc(F)cc3)C(=O)[C@@]12c1ccc(Cl)cc1. The zero-order chi connectivity index (χ0) is 42.0. The number of anilines is 2. The lowest BCUT2D eigenvalue weighted by molar-refractivity contribution is -0.138. The van der Waals surface area contributed by atoms with Crippen LogP contribution in [0.4, 0.5) is 15.8 Å². The summed E-state index contributed by atoms with van der Waals surface area (Å²) in [6, 6.07) is 29.8. The van der Waals surface area contributed by atoms with Crippen LogP contribution >= 0.6 is 11.6 Å². The number of carbonyl (C=O) groups excluding carboxylic acids is 5. The van der Waals surface area contributed by atoms with Gasteiger partial charge >= 0.3 is 0 Å². The molecule has 5 aromatic rings. The number of rotatable bonds is 9. The van der Waals surface area contributed by atoms with Crippen LogP contribution in [0.1, 0.15) is 45.8 Å². The Morgan fingerprint density at radius 1 is 0.800 bits per heavy atom. The van der Waals surface area contributed by atoms with Gasteiger partial charge < -0.3 is 14.6 Å². The summed E-state index contributed by atoms with van der Waals surface area (Å²) in [6.07, 6.45) is 2.03. The van der Waals surface area contributed by atoms with Crippen LogP contribution in [0, 0.1) is 29.5 Å². The minimum absolute atomic E-state index is 0.00160. The number of ketones is 1. The first-order chi connectivity index (χ1) is 29.0. The van der Waals surface area contributed by atoms with E-state index in [1.165, 1.54) is 50.6 Å². The molecule has 6 atom stereocenters. The van der Waals surface area contributed by atoms with Crippen molar-refractivity contribution in [2.75, 3.05) is 24.5 Å². The number of ether oxygens (including phenoxy) is 2. The number of hydrazine groups is 1. The second kappa shape index (κ2) is 14.8. The molecule has 2 aliphatic heterocycles. The molecular weight excluding hydrogens is 789 g/mol. The molecule has 60 heavy (non-hydrogen) atoms. The highest BCUT2D eigenvalue weighted by Crippen LogP contribution is 2.66. The van der Waals surface area contributed by atoms with Crippen molar-refractivity contribution in [1.82, 2.24) is 5.01 Å². The van der Waals surface area contributed by atoms with Gasteiger partial charge in [-0.3, -0.25) is 34.3 Å². The summed E-state index contributed by atoms with van der Waals surface area (Å²) in [4.78, 5) is 74.1. The zero-order valence-corrected chi connectivity index (χ0v) is 33.1. The van der Waals surface area contributed by atoms with E-state index >= 15 is 9.59 Å². The fourth-order valence-corrected chi connectivity index (χ4v) is 10.1. The Kier molecular flexibility index (Phi) is 9.54. The van der Waals surface area contributed by atoms with Gasteiger partial charge in [-0.1, -0.05) is 65.7 Å². The molecule has 0 radical (unpaired) electrons. The van der Waals surface area contributed by atoms with Gasteiger partial charge in [-0.05, 0) is 85.0 Å². The first-order valence-electron chi connectivity index (χ1n) is 19.4. The molecule has 5 aromatic carbocycles. The Morgan fingerprint density at radius 3 is 2.07 bits per heavy atom. The average molecular weight is 826 g/mol. The number of allylic oxidation sites excluding steroid dienone is 2. The summed E-state index contributed by atoms with van der Waals surface area (Å²) in [7, 11) is 2.82. The molecule has 0 spiro atoms. The summed E-state index contributed by atoms with van der Waals surface area (Å²) in [6.45, 7) is 0. The molecule has 2 heterocycles. The molecule has 4 amide bonds. The van der Waals surface area contributed by atoms with Crippen LogP contribution in [0.2, 0.25) is 5.02 Å². The van der Waals surface area contributed by atoms with E-state index in [0.717, 1.165) is 9.91 Å². The lowest BCUT2D eigenvalue weighted by atomic mass is 9.49. The lowest BCUT2D eigenvalue weighted by Gasteiger charge is -2.51. The molecule has 2 saturated heterocycles. The molecule has 0 bridgehead atoms. The molecule has 9 rings (SSSR count). The first-order valence-corrected chi connectivity index (χ1v) is 19.7. The molecule has 2 aliphatic carbocycles. The Labute approximate surface area is 348 Å². The number of fused-ring (bicyclic) bond motifs is 4. The molecule has 4 aliphatic rings. The van der Waals surface area contributed by atoms with Crippen molar-refractivity contribution in [3.63, 3.8) is 0 Å². The fourth-order valence-electron chi connectivity index (χ4n) is 9.95. The van der Waals surface area contributed by atoms with Gasteiger partial charge in [0.05, 0.1) is 48.8 Å². The van der Waals surface area contributed by atoms with Gasteiger partial charge in [0.25, 0.3) is 11.8 Å². The summed E-state index contributed by atoms with van der Waals surface area (Å²) in [5, 5.41) is 12.1. The number of imide groups is 2. The van der Waals surface area contributed by atoms with E-state index in [1.54, 1.807) is 72.8 Å². The number of phenols is 1. The van der Waals surface area contributed by atoms with Gasteiger partial charge in [-0.15, -0.1) is 0 Å². The molecule has 13 heteroatoms. The number of aromatic hydroxyl groups is 1. The third-order valence-corrected chi connectivity index (χ3v) is 12.7. The first kappa shape index (κ1) is 38.7. The maximum atomic E-state index is 15.5. The molecule has 302 valence electrons. The molecule has 0 aromatic heterocycles. The van der Waals surface area contributed by atoms with Gasteiger partial charge in [-0.25, -0.2) is 4.39 Å². The van der Waals surface area contributed by atoms with E-state index in [4.69, 9.17) is 21.1 Å². The summed E-state index contributed by atoms with van der Waals surface area (Å²) in [5.41, 5.74) is 4.11. The number of benzene rings is 5. The topological polar surface area (TPSA) is 143 Å². The van der Waals surface area contributed by atoms with Crippen molar-refractivity contribution >= 4 is 52.4 Å². The molecule has 2 N–H and O–H groups in total. The molecule has 1 saturated carbocycles. The van der Waals surface area contributed by atoms with E-state index in [0.29, 0.717) is 38.5 Å². The third-order valence-electron chi connectivity index (χ3n) is 12.5. The molecular formula is C47H37ClFN3O8. The van der Waals surface area contributed by atoms with Crippen LogP contribution in [0.3, 0.4) is 0 Å². The van der Waals surface area contributed by atoms with Gasteiger partial charge in [0.15, 0.2) is 5.78 Å². The standard InChI is InChI=1S/C47H37ClFN3O8/c1-59-37-22-32(53)23-38(60-2)40(37)41-33-20-21-34-39(45(57)51(43(34)55)31-18-8-26(9-19-31)42(54)25-6-4-3-5-7-25)35(33)24-36-44(56)52(50-30-16-14-29(49)15-17-30)46(58)47(36,41)27-10-12-28(48)13-11-27/h3-20,22-23,34-36,39,41,50,53H,21,24H2,1-2H3/t34-,35+,36-,39-,41+,47+/m0/s1. The number of nitrogens with zero attached hydrogens (tertiary/aromatic N) is 2. The van der Waals surface area contributed by atoms with Gasteiger partial charge in [0.1, 0.15) is 23.1 Å². The normalized spacial score (nSPS) is 24.4. The maximum absolute atomic E-state index is 15.5. The third kappa shape index (κ3) is 5.88. The number of phenolic OH excluding ortho intramolecular Hbond substituents is 1. The zero-order valence-electron chi connectivity index (χ0n) is 32.3. The van der Waals surface area contributed by atoms with E-state index in [1.807, 2.05) is 12.1 Å². The lowest BCUT2D eigenvalue weighted by Crippen LogP contribution is -2.53. The van der Waals surface area contributed by atoms with Gasteiger partial charge in [0.2, 0.25) is 11.8 Å². The summed E-state index contributed by atoms with van der Waals surface area (Å²) >= 11 is 6.41. The second-order valence-corrected chi connectivity index (χ2v) is 15.8. The van der Waals surface area contributed by atoms with Crippen LogP contribution < -0.4 is 19.8 Å². The predicted octanol–water partition coefficient (Wildman–Crippen LogP) is 7.62. The number of amides is 4. The number of carbonyl (C=O) groups is 5. The van der Waals surface area contributed by atoms with Gasteiger partial charge in [0, 0.05) is 39.8 Å². The Balaban J connectivity index is 1.20. The largest absolute Gasteiger partial charge is 0.508 e. The minimum atomic E-state index is -1.71. The number of nitrogens with one attached hydrogen (secondary N) is 1. The van der Waals surface area contributed by atoms with Crippen molar-refractivity contribution in [2.24, 2.45) is 23.7 Å². The van der Waals surface area contributed by atoms with E-state index in [2.05, 4.69) is 5.43 Å². The highest BCUT2D eigenvalue weighted by atomic mass is 35.5. The van der Waals surface area contributed by atoms with Crippen molar-refractivity contribution < 1.29 is 42.9 Å². The second-order valence-electron chi connectivity index (χ2n) is 15.4. The number of hydrogen-bond donors (Lipinski definition) is 2.